The third kappa shape index (κ3) is 3.08. The highest BCUT2D eigenvalue weighted by molar-refractivity contribution is 6.30. The summed E-state index contributed by atoms with van der Waals surface area (Å²) in [5.74, 6) is -2.83. The van der Waals surface area contributed by atoms with E-state index in [2.05, 4.69) is 4.90 Å². The number of carboxylic acid groups (broad SMARTS) is 1. The molecular weight excluding hydrogens is 500 g/mol. The lowest BCUT2D eigenvalue weighted by atomic mass is 9.43. The summed E-state index contributed by atoms with van der Waals surface area (Å²) in [4.78, 5) is 27.2. The number of aliphatic hydroxyl groups excluding tert-OH is 1. The van der Waals surface area contributed by atoms with Crippen LogP contribution in [-0.2, 0) is 16.1 Å². The number of halogens is 3. The normalized spacial score (nSPS) is 46.6. The largest absolute Gasteiger partial charge is 0.481 e. The van der Waals surface area contributed by atoms with Crippen LogP contribution in [0.25, 0.3) is 0 Å². The lowest BCUT2D eigenvalue weighted by Crippen LogP contribution is -2.69. The van der Waals surface area contributed by atoms with Crippen molar-refractivity contribution in [3.63, 3.8) is 0 Å². The van der Waals surface area contributed by atoms with Crippen LogP contribution in [0.2, 0.25) is 5.02 Å². The highest BCUT2D eigenvalue weighted by Gasteiger charge is 2.78. The number of aliphatic carboxylic acids is 1. The second-order valence-corrected chi connectivity index (χ2v) is 12.8. The summed E-state index contributed by atoms with van der Waals surface area (Å²) in [6, 6.07) is 7.48. The van der Waals surface area contributed by atoms with Gasteiger partial charge in [0.2, 0.25) is 0 Å². The van der Waals surface area contributed by atoms with E-state index in [4.69, 9.17) is 11.6 Å². The minimum Gasteiger partial charge on any atom is -0.481 e. The number of nitrogens with zero attached hydrogens (tertiary/aromatic N) is 1. The maximum Gasteiger partial charge on any atom is 0.311 e. The average Bonchev–Trinajstić information content (AvgIpc) is 3.30. The molecule has 1 aliphatic heterocycles. The quantitative estimate of drug-likeness (QED) is 0.587. The molecular formula is C29H32ClF2NO4. The van der Waals surface area contributed by atoms with E-state index in [0.717, 1.165) is 5.56 Å². The van der Waals surface area contributed by atoms with E-state index >= 15 is 8.78 Å². The molecule has 5 nitrogen and oxygen atoms in total. The smallest absolute Gasteiger partial charge is 0.311 e. The molecule has 6 rings (SSSR count). The molecule has 2 N–H and O–H groups in total. The van der Waals surface area contributed by atoms with Crippen molar-refractivity contribution in [2.45, 2.75) is 57.6 Å². The molecule has 0 bridgehead atoms. The van der Waals surface area contributed by atoms with Crippen LogP contribution in [0, 0.1) is 34.0 Å². The van der Waals surface area contributed by atoms with Crippen LogP contribution in [0.15, 0.2) is 48.1 Å². The molecule has 8 heteroatoms. The molecule has 1 saturated heterocycles. The SMILES string of the molecule is C[C@]12C=CC(=O)C=C1[C@@H](F)C[C@H]1C3C[C@H]4CN(Cc5cccc(Cl)c5)C[C@@]4(C(=O)O)[C@@]3(C)C[C@H](O)[C@@]12F. The Morgan fingerprint density at radius 2 is 2.00 bits per heavy atom. The van der Waals surface area contributed by atoms with Crippen molar-refractivity contribution in [2.75, 3.05) is 13.1 Å². The van der Waals surface area contributed by atoms with E-state index in [1.165, 1.54) is 18.2 Å². The zero-order chi connectivity index (χ0) is 26.5. The van der Waals surface area contributed by atoms with Crippen LogP contribution >= 0.6 is 11.6 Å². The van der Waals surface area contributed by atoms with Gasteiger partial charge in [-0.2, -0.15) is 0 Å². The number of benzene rings is 1. The molecule has 0 aromatic heterocycles. The van der Waals surface area contributed by atoms with E-state index in [0.29, 0.717) is 24.5 Å². The van der Waals surface area contributed by atoms with Gasteiger partial charge in [-0.25, -0.2) is 8.78 Å². The number of alkyl halides is 2. The summed E-state index contributed by atoms with van der Waals surface area (Å²) >= 11 is 6.16. The standard InChI is InChI=1S/C29H32ClF2NO4/c1-26-7-6-19(34)10-22(26)23(31)11-21-20-9-17-14-33(13-16-4-3-5-18(30)8-16)15-28(17,25(36)37)27(20,2)12-24(35)29(21,26)32/h3-8,10,17,20-21,23-24,35H,9,11-15H2,1-2H3,(H,36,37)/t17-,20?,21-,23-,24-,26-,27-,28+,29-/m0/s1. The fourth-order valence-electron chi connectivity index (χ4n) is 9.24. The molecule has 0 amide bonds. The van der Waals surface area contributed by atoms with Crippen LogP contribution in [0.5, 0.6) is 0 Å². The molecule has 198 valence electrons. The summed E-state index contributed by atoms with van der Waals surface area (Å²) in [7, 11) is 0. The first-order chi connectivity index (χ1) is 17.4. The molecule has 9 atom stereocenters. The van der Waals surface area contributed by atoms with Crippen molar-refractivity contribution < 1.29 is 28.6 Å². The first-order valence-electron chi connectivity index (χ1n) is 13.0. The fourth-order valence-corrected chi connectivity index (χ4v) is 9.46. The van der Waals surface area contributed by atoms with Gasteiger partial charge in [-0.1, -0.05) is 36.7 Å². The molecule has 3 saturated carbocycles. The Kier molecular flexibility index (Phi) is 5.42. The Hall–Kier alpha value is -2.09. The van der Waals surface area contributed by atoms with Gasteiger partial charge in [-0.05, 0) is 78.9 Å². The third-order valence-electron chi connectivity index (χ3n) is 10.9. The van der Waals surface area contributed by atoms with Crippen molar-refractivity contribution in [1.29, 1.82) is 0 Å². The average molecular weight is 532 g/mol. The minimum absolute atomic E-state index is 0.0277. The Morgan fingerprint density at radius 1 is 1.24 bits per heavy atom. The predicted molar refractivity (Wildman–Crippen MR) is 134 cm³/mol. The van der Waals surface area contributed by atoms with Crippen LogP contribution in [0.1, 0.15) is 38.7 Å². The van der Waals surface area contributed by atoms with Gasteiger partial charge in [0, 0.05) is 36.0 Å². The van der Waals surface area contributed by atoms with Crippen molar-refractivity contribution in [2.24, 2.45) is 34.0 Å². The van der Waals surface area contributed by atoms with Gasteiger partial charge in [0.05, 0.1) is 11.5 Å². The van der Waals surface area contributed by atoms with Gasteiger partial charge in [0.25, 0.3) is 0 Å². The van der Waals surface area contributed by atoms with Crippen molar-refractivity contribution in [1.82, 2.24) is 4.90 Å². The number of carbonyl (C=O) groups is 2. The number of ketones is 1. The number of allylic oxidation sites excluding steroid dienone is 4. The first-order valence-corrected chi connectivity index (χ1v) is 13.4. The highest BCUT2D eigenvalue weighted by atomic mass is 35.5. The molecule has 4 fully saturated rings. The minimum atomic E-state index is -2.19. The first kappa shape index (κ1) is 25.2. The second-order valence-electron chi connectivity index (χ2n) is 12.4. The van der Waals surface area contributed by atoms with E-state index in [-0.39, 0.29) is 36.7 Å². The number of aliphatic hydroxyl groups is 1. The zero-order valence-electron chi connectivity index (χ0n) is 21.0. The molecule has 0 radical (unpaired) electrons. The maximum absolute atomic E-state index is 17.4. The zero-order valence-corrected chi connectivity index (χ0v) is 21.7. The monoisotopic (exact) mass is 531 g/mol. The predicted octanol–water partition coefficient (Wildman–Crippen LogP) is 4.77. The van der Waals surface area contributed by atoms with Gasteiger partial charge in [-0.3, -0.25) is 14.5 Å². The fraction of sp³-hybridized carbons (Fsp3) is 0.586. The van der Waals surface area contributed by atoms with Gasteiger partial charge >= 0.3 is 5.97 Å². The Labute approximate surface area is 220 Å². The van der Waals surface area contributed by atoms with Crippen LogP contribution in [0.4, 0.5) is 8.78 Å². The van der Waals surface area contributed by atoms with Crippen LogP contribution in [-0.4, -0.2) is 57.9 Å². The molecule has 1 aromatic rings. The number of likely N-dealkylation sites (tertiary alicyclic amines) is 1. The van der Waals surface area contributed by atoms with E-state index < -0.39 is 52.0 Å². The molecule has 5 aliphatic rings. The topological polar surface area (TPSA) is 77.8 Å². The van der Waals surface area contributed by atoms with Crippen LogP contribution < -0.4 is 0 Å². The lowest BCUT2D eigenvalue weighted by molar-refractivity contribution is -0.215. The van der Waals surface area contributed by atoms with Gasteiger partial charge in [0.1, 0.15) is 6.17 Å². The Bertz CT molecular complexity index is 1250. The number of hydrogen-bond acceptors (Lipinski definition) is 4. The molecule has 1 aromatic carbocycles. The van der Waals surface area contributed by atoms with E-state index in [9.17, 15) is 19.8 Å². The highest BCUT2D eigenvalue weighted by Crippen LogP contribution is 2.74. The third-order valence-corrected chi connectivity index (χ3v) is 11.1. The van der Waals surface area contributed by atoms with E-state index in [1.807, 2.05) is 25.1 Å². The van der Waals surface area contributed by atoms with Crippen LogP contribution in [0.3, 0.4) is 0 Å². The Balaban J connectivity index is 1.38. The summed E-state index contributed by atoms with van der Waals surface area (Å²) in [6.07, 6.45) is 1.12. The van der Waals surface area contributed by atoms with Crippen molar-refractivity contribution in [3.8, 4) is 0 Å². The molecule has 4 aliphatic carbocycles. The summed E-state index contributed by atoms with van der Waals surface area (Å²) < 4.78 is 33.0. The molecule has 37 heavy (non-hydrogen) atoms. The molecule has 1 heterocycles. The summed E-state index contributed by atoms with van der Waals surface area (Å²) in [5, 5.41) is 22.8. The molecule has 1 unspecified atom stereocenters. The summed E-state index contributed by atoms with van der Waals surface area (Å²) in [5.41, 5.74) is -4.68. The molecule has 0 spiro atoms. The number of carboxylic acids is 1. The number of fused-ring (bicyclic) bond motifs is 7. The van der Waals surface area contributed by atoms with Gasteiger partial charge in [-0.15, -0.1) is 0 Å². The van der Waals surface area contributed by atoms with Gasteiger partial charge < -0.3 is 10.2 Å². The number of rotatable bonds is 3. The van der Waals surface area contributed by atoms with Crippen molar-refractivity contribution in [3.05, 3.63) is 58.7 Å². The lowest BCUT2D eigenvalue weighted by Gasteiger charge is -2.63. The van der Waals surface area contributed by atoms with Gasteiger partial charge in [0.15, 0.2) is 11.5 Å². The summed E-state index contributed by atoms with van der Waals surface area (Å²) in [6.45, 7) is 4.80. The number of hydrogen-bond donors (Lipinski definition) is 2. The van der Waals surface area contributed by atoms with Crippen molar-refractivity contribution >= 4 is 23.4 Å². The Morgan fingerprint density at radius 3 is 2.70 bits per heavy atom. The second kappa shape index (κ2) is 7.96. The maximum atomic E-state index is 17.4. The van der Waals surface area contributed by atoms with E-state index in [1.54, 1.807) is 13.0 Å². The number of carbonyl (C=O) groups excluding carboxylic acids is 1.